The summed E-state index contributed by atoms with van der Waals surface area (Å²) in [7, 11) is 0. The fourth-order valence-corrected chi connectivity index (χ4v) is 2.34. The Morgan fingerprint density at radius 2 is 2.06 bits per heavy atom. The second kappa shape index (κ2) is 4.84. The third-order valence-electron chi connectivity index (χ3n) is 2.92. The molecule has 1 fully saturated rings. The van der Waals surface area contributed by atoms with E-state index in [1.54, 1.807) is 4.90 Å². The van der Waals surface area contributed by atoms with Gasteiger partial charge in [-0.1, -0.05) is 13.8 Å². The van der Waals surface area contributed by atoms with Crippen LogP contribution >= 0.6 is 0 Å². The maximum absolute atomic E-state index is 12.1. The number of hydrogen-bond donors (Lipinski definition) is 1. The van der Waals surface area contributed by atoms with Crippen LogP contribution in [0.3, 0.4) is 0 Å². The maximum Gasteiger partial charge on any atom is 0.410 e. The molecule has 1 rings (SSSR count). The van der Waals surface area contributed by atoms with Crippen molar-refractivity contribution in [1.29, 1.82) is 0 Å². The van der Waals surface area contributed by atoms with Gasteiger partial charge < -0.3 is 14.7 Å². The van der Waals surface area contributed by atoms with Crippen LogP contribution in [0.2, 0.25) is 0 Å². The van der Waals surface area contributed by atoms with Crippen molar-refractivity contribution in [2.45, 2.75) is 59.1 Å². The minimum absolute atomic E-state index is 0.102. The lowest BCUT2D eigenvalue weighted by Gasteiger charge is -2.28. The highest BCUT2D eigenvalue weighted by molar-refractivity contribution is 5.69. The zero-order chi connectivity index (χ0) is 13.3. The fraction of sp³-hybridized carbons (Fsp3) is 0.923. The smallest absolute Gasteiger partial charge is 0.410 e. The Hall–Kier alpha value is -0.770. The highest BCUT2D eigenvalue weighted by Crippen LogP contribution is 2.36. The molecule has 0 spiro atoms. The van der Waals surface area contributed by atoms with Crippen LogP contribution in [0.25, 0.3) is 0 Å². The Morgan fingerprint density at radius 3 is 2.53 bits per heavy atom. The van der Waals surface area contributed by atoms with E-state index in [9.17, 15) is 4.79 Å². The van der Waals surface area contributed by atoms with Gasteiger partial charge in [0.2, 0.25) is 0 Å². The van der Waals surface area contributed by atoms with Crippen LogP contribution < -0.4 is 0 Å². The van der Waals surface area contributed by atoms with Crippen molar-refractivity contribution in [2.75, 3.05) is 13.2 Å². The Kier molecular flexibility index (Phi) is 4.07. The van der Waals surface area contributed by atoms with E-state index >= 15 is 0 Å². The van der Waals surface area contributed by atoms with Crippen molar-refractivity contribution in [3.05, 3.63) is 0 Å². The first-order valence-electron chi connectivity index (χ1n) is 6.25. The lowest BCUT2D eigenvalue weighted by atomic mass is 9.90. The number of aliphatic hydroxyl groups is 1. The molecule has 0 radical (unpaired) electrons. The zero-order valence-corrected chi connectivity index (χ0v) is 11.6. The Morgan fingerprint density at radius 1 is 1.47 bits per heavy atom. The summed E-state index contributed by atoms with van der Waals surface area (Å²) in [5.41, 5.74) is -0.357. The molecule has 0 aromatic heterocycles. The summed E-state index contributed by atoms with van der Waals surface area (Å²) in [6.45, 7) is 10.7. The molecule has 1 saturated heterocycles. The summed E-state index contributed by atoms with van der Waals surface area (Å²) >= 11 is 0. The molecule has 4 heteroatoms. The SMILES string of the molecule is CC1(C)CC(CCO)N(C(=O)OC(C)(C)C)C1. The second-order valence-electron chi connectivity index (χ2n) is 6.64. The number of hydrogen-bond acceptors (Lipinski definition) is 3. The van der Waals surface area contributed by atoms with Gasteiger partial charge in [0.1, 0.15) is 5.60 Å². The van der Waals surface area contributed by atoms with Gasteiger partial charge in [0, 0.05) is 19.2 Å². The minimum atomic E-state index is -0.465. The molecule has 0 aliphatic carbocycles. The van der Waals surface area contributed by atoms with Crippen LogP contribution in [-0.4, -0.2) is 40.9 Å². The van der Waals surface area contributed by atoms with Crippen molar-refractivity contribution in [3.8, 4) is 0 Å². The van der Waals surface area contributed by atoms with Gasteiger partial charge in [0.15, 0.2) is 0 Å². The standard InChI is InChI=1S/C13H25NO3/c1-12(2,3)17-11(16)14-9-13(4,5)8-10(14)6-7-15/h10,15H,6-9H2,1-5H3. The zero-order valence-electron chi connectivity index (χ0n) is 11.6. The van der Waals surface area contributed by atoms with Crippen molar-refractivity contribution in [3.63, 3.8) is 0 Å². The number of ether oxygens (including phenoxy) is 1. The number of carbonyl (C=O) groups is 1. The highest BCUT2D eigenvalue weighted by Gasteiger charge is 2.41. The highest BCUT2D eigenvalue weighted by atomic mass is 16.6. The van der Waals surface area contributed by atoms with Crippen molar-refractivity contribution < 1.29 is 14.6 Å². The van der Waals surface area contributed by atoms with Gasteiger partial charge in [-0.2, -0.15) is 0 Å². The molecule has 0 aromatic carbocycles. The van der Waals surface area contributed by atoms with Crippen LogP contribution in [-0.2, 0) is 4.74 Å². The fourth-order valence-electron chi connectivity index (χ4n) is 2.34. The summed E-state index contributed by atoms with van der Waals surface area (Å²) < 4.78 is 5.40. The Balaban J connectivity index is 2.70. The van der Waals surface area contributed by atoms with Gasteiger partial charge in [-0.25, -0.2) is 4.79 Å². The molecular formula is C13H25NO3. The van der Waals surface area contributed by atoms with Crippen molar-refractivity contribution in [1.82, 2.24) is 4.90 Å². The average Bonchev–Trinajstić information content (AvgIpc) is 2.39. The average molecular weight is 243 g/mol. The van der Waals surface area contributed by atoms with Gasteiger partial charge >= 0.3 is 6.09 Å². The van der Waals surface area contributed by atoms with Crippen LogP contribution in [0.5, 0.6) is 0 Å². The molecule has 1 amide bonds. The molecule has 4 nitrogen and oxygen atoms in total. The van der Waals surface area contributed by atoms with E-state index < -0.39 is 5.60 Å². The molecule has 0 aromatic rings. The second-order valence-corrected chi connectivity index (χ2v) is 6.64. The quantitative estimate of drug-likeness (QED) is 0.810. The largest absolute Gasteiger partial charge is 0.444 e. The van der Waals surface area contributed by atoms with Crippen LogP contribution in [0, 0.1) is 5.41 Å². The number of carbonyl (C=O) groups excluding carboxylic acids is 1. The molecule has 1 aliphatic heterocycles. The number of likely N-dealkylation sites (tertiary alicyclic amines) is 1. The van der Waals surface area contributed by atoms with E-state index in [0.29, 0.717) is 13.0 Å². The topological polar surface area (TPSA) is 49.8 Å². The van der Waals surface area contributed by atoms with Crippen molar-refractivity contribution >= 4 is 6.09 Å². The Bertz CT molecular complexity index is 281. The molecule has 0 bridgehead atoms. The van der Waals surface area contributed by atoms with Gasteiger partial charge in [-0.15, -0.1) is 0 Å². The minimum Gasteiger partial charge on any atom is -0.444 e. The first-order chi connectivity index (χ1) is 7.64. The summed E-state index contributed by atoms with van der Waals surface area (Å²) in [6.07, 6.45) is 1.29. The van der Waals surface area contributed by atoms with E-state index in [0.717, 1.165) is 6.42 Å². The lowest BCUT2D eigenvalue weighted by molar-refractivity contribution is 0.0198. The Labute approximate surface area is 104 Å². The van der Waals surface area contributed by atoms with Crippen molar-refractivity contribution in [2.24, 2.45) is 5.41 Å². The molecule has 1 heterocycles. The summed E-state index contributed by atoms with van der Waals surface area (Å²) in [5, 5.41) is 9.05. The van der Waals surface area contributed by atoms with E-state index in [2.05, 4.69) is 13.8 Å². The van der Waals surface area contributed by atoms with E-state index in [4.69, 9.17) is 9.84 Å². The third kappa shape index (κ3) is 4.19. The summed E-state index contributed by atoms with van der Waals surface area (Å²) in [4.78, 5) is 13.8. The number of rotatable bonds is 2. The number of nitrogens with zero attached hydrogens (tertiary/aromatic N) is 1. The van der Waals surface area contributed by atoms with Gasteiger partial charge in [0.25, 0.3) is 0 Å². The summed E-state index contributed by atoms with van der Waals surface area (Å²) in [5.74, 6) is 0. The molecule has 17 heavy (non-hydrogen) atoms. The molecule has 100 valence electrons. The molecular weight excluding hydrogens is 218 g/mol. The monoisotopic (exact) mass is 243 g/mol. The molecule has 1 unspecified atom stereocenters. The van der Waals surface area contributed by atoms with Gasteiger partial charge in [0.05, 0.1) is 0 Å². The first-order valence-corrected chi connectivity index (χ1v) is 6.25. The van der Waals surface area contributed by atoms with E-state index in [1.807, 2.05) is 20.8 Å². The first kappa shape index (κ1) is 14.3. The van der Waals surface area contributed by atoms with E-state index in [-0.39, 0.29) is 24.2 Å². The van der Waals surface area contributed by atoms with E-state index in [1.165, 1.54) is 0 Å². The molecule has 1 N–H and O–H groups in total. The summed E-state index contributed by atoms with van der Waals surface area (Å²) in [6, 6.07) is 0.102. The van der Waals surface area contributed by atoms with Crippen LogP contribution in [0.15, 0.2) is 0 Å². The number of amides is 1. The lowest BCUT2D eigenvalue weighted by Crippen LogP contribution is -2.40. The molecule has 1 aliphatic rings. The molecule has 0 saturated carbocycles. The van der Waals surface area contributed by atoms with Gasteiger partial charge in [-0.05, 0) is 39.0 Å². The van der Waals surface area contributed by atoms with Crippen LogP contribution in [0.1, 0.15) is 47.5 Å². The molecule has 1 atom stereocenters. The normalized spacial score (nSPS) is 23.9. The number of aliphatic hydroxyl groups excluding tert-OH is 1. The third-order valence-corrected chi connectivity index (χ3v) is 2.92. The predicted octanol–water partition coefficient (Wildman–Crippen LogP) is 2.40. The van der Waals surface area contributed by atoms with Gasteiger partial charge in [-0.3, -0.25) is 0 Å². The maximum atomic E-state index is 12.1. The predicted molar refractivity (Wildman–Crippen MR) is 66.8 cm³/mol. The van der Waals surface area contributed by atoms with Crippen LogP contribution in [0.4, 0.5) is 4.79 Å².